The van der Waals surface area contributed by atoms with E-state index in [1.54, 1.807) is 18.2 Å². The predicted molar refractivity (Wildman–Crippen MR) is 116 cm³/mol. The second-order valence-electron chi connectivity index (χ2n) is 7.10. The number of nitrogens with one attached hydrogen (secondary N) is 2. The molecule has 1 aliphatic rings. The van der Waals surface area contributed by atoms with Crippen molar-refractivity contribution in [2.45, 2.75) is 4.90 Å². The molecule has 0 unspecified atom stereocenters. The Kier molecular flexibility index (Phi) is 5.54. The molecule has 2 N–H and O–H groups in total. The second kappa shape index (κ2) is 8.51. The normalized spacial score (nSPS) is 15.1. The van der Waals surface area contributed by atoms with E-state index in [1.165, 1.54) is 22.5 Å². The number of morpholine rings is 1. The van der Waals surface area contributed by atoms with Crippen LogP contribution in [-0.4, -0.2) is 70.7 Å². The highest BCUT2D eigenvalue weighted by atomic mass is 35.5. The molecular weight excluding hydrogens is 474 g/mol. The Labute approximate surface area is 191 Å². The summed E-state index contributed by atoms with van der Waals surface area (Å²) in [5.41, 5.74) is 1.04. The number of anilines is 1. The van der Waals surface area contributed by atoms with E-state index < -0.39 is 15.9 Å². The van der Waals surface area contributed by atoms with Gasteiger partial charge in [0.25, 0.3) is 5.91 Å². The summed E-state index contributed by atoms with van der Waals surface area (Å²) in [4.78, 5) is 13.1. The Bertz CT molecular complexity index is 1430. The molecule has 2 aromatic carbocycles. The third kappa shape index (κ3) is 4.06. The molecule has 1 fully saturated rings. The zero-order valence-corrected chi connectivity index (χ0v) is 18.4. The molecule has 0 spiro atoms. The van der Waals surface area contributed by atoms with Crippen LogP contribution in [-0.2, 0) is 14.8 Å². The first-order valence-electron chi connectivity index (χ1n) is 9.76. The van der Waals surface area contributed by atoms with Gasteiger partial charge in [0.15, 0.2) is 17.1 Å². The fourth-order valence-electron chi connectivity index (χ4n) is 3.45. The Hall–Kier alpha value is -3.39. The van der Waals surface area contributed by atoms with E-state index in [-0.39, 0.29) is 34.6 Å². The molecule has 14 heteroatoms. The second-order valence-corrected chi connectivity index (χ2v) is 9.47. The van der Waals surface area contributed by atoms with E-state index in [4.69, 9.17) is 20.9 Å². The van der Waals surface area contributed by atoms with Gasteiger partial charge in [-0.05, 0) is 46.8 Å². The third-order valence-electron chi connectivity index (χ3n) is 5.09. The molecule has 33 heavy (non-hydrogen) atoms. The summed E-state index contributed by atoms with van der Waals surface area (Å²) >= 11 is 6.08. The number of halogens is 1. The van der Waals surface area contributed by atoms with Gasteiger partial charge in [-0.3, -0.25) is 4.79 Å². The van der Waals surface area contributed by atoms with Gasteiger partial charge in [-0.15, -0.1) is 5.10 Å². The molecule has 1 amide bonds. The van der Waals surface area contributed by atoms with Crippen LogP contribution in [0.1, 0.15) is 10.5 Å². The van der Waals surface area contributed by atoms with Gasteiger partial charge in [0, 0.05) is 23.7 Å². The Morgan fingerprint density at radius 3 is 2.73 bits per heavy atom. The van der Waals surface area contributed by atoms with E-state index in [1.807, 2.05) is 0 Å². The average molecular weight is 490 g/mol. The minimum absolute atomic E-state index is 0.0362. The van der Waals surface area contributed by atoms with Crippen molar-refractivity contribution in [2.75, 3.05) is 31.6 Å². The minimum Gasteiger partial charge on any atom is -0.379 e. The molecular formula is C19H16ClN7O5S. The quantitative estimate of drug-likeness (QED) is 0.427. The van der Waals surface area contributed by atoms with E-state index in [2.05, 4.69) is 31.1 Å². The largest absolute Gasteiger partial charge is 0.379 e. The van der Waals surface area contributed by atoms with Gasteiger partial charge in [0.05, 0.1) is 29.2 Å². The number of fused-ring (bicyclic) bond motifs is 1. The van der Waals surface area contributed by atoms with E-state index in [0.717, 1.165) is 0 Å². The smallest absolute Gasteiger partial charge is 0.278 e. The maximum atomic E-state index is 13.1. The summed E-state index contributed by atoms with van der Waals surface area (Å²) in [6.07, 6.45) is 0. The van der Waals surface area contributed by atoms with E-state index in [0.29, 0.717) is 35.3 Å². The maximum absolute atomic E-state index is 13.1. The predicted octanol–water partition coefficient (Wildman–Crippen LogP) is 1.93. The number of aromatic nitrogens is 5. The first kappa shape index (κ1) is 21.5. The molecule has 170 valence electrons. The van der Waals surface area contributed by atoms with Gasteiger partial charge in [-0.1, -0.05) is 16.8 Å². The van der Waals surface area contributed by atoms with Crippen LogP contribution < -0.4 is 5.32 Å². The SMILES string of the molecule is O=C(Nc1ccc(Cl)cc1-c1nnn[nH]1)c1noc2ccc(S(=O)(=O)N3CCOCC3)cc12. The van der Waals surface area contributed by atoms with Gasteiger partial charge in [0.1, 0.15) is 0 Å². The molecule has 0 saturated carbocycles. The van der Waals surface area contributed by atoms with Crippen molar-refractivity contribution in [3.8, 4) is 11.4 Å². The van der Waals surface area contributed by atoms with Gasteiger partial charge in [0.2, 0.25) is 10.0 Å². The lowest BCUT2D eigenvalue weighted by molar-refractivity contribution is 0.0730. The van der Waals surface area contributed by atoms with Gasteiger partial charge >= 0.3 is 0 Å². The molecule has 5 rings (SSSR count). The molecule has 0 radical (unpaired) electrons. The number of hydrogen-bond acceptors (Lipinski definition) is 9. The van der Waals surface area contributed by atoms with Gasteiger partial charge in [-0.2, -0.15) is 4.31 Å². The molecule has 1 aliphatic heterocycles. The third-order valence-corrected chi connectivity index (χ3v) is 7.22. The number of ether oxygens (including phenoxy) is 1. The molecule has 4 aromatic rings. The van der Waals surface area contributed by atoms with Crippen LogP contribution in [0, 0.1) is 0 Å². The fourth-order valence-corrected chi connectivity index (χ4v) is 5.06. The first-order valence-corrected chi connectivity index (χ1v) is 11.6. The fraction of sp³-hybridized carbons (Fsp3) is 0.211. The number of carbonyl (C=O) groups is 1. The Morgan fingerprint density at radius 2 is 1.97 bits per heavy atom. The average Bonchev–Trinajstić information content (AvgIpc) is 3.50. The van der Waals surface area contributed by atoms with Crippen molar-refractivity contribution in [2.24, 2.45) is 0 Å². The van der Waals surface area contributed by atoms with Crippen LogP contribution in [0.15, 0.2) is 45.8 Å². The van der Waals surface area contributed by atoms with E-state index in [9.17, 15) is 13.2 Å². The van der Waals surface area contributed by atoms with Crippen LogP contribution in [0.3, 0.4) is 0 Å². The lowest BCUT2D eigenvalue weighted by Crippen LogP contribution is -2.40. The van der Waals surface area contributed by atoms with Crippen molar-refractivity contribution in [3.63, 3.8) is 0 Å². The zero-order valence-electron chi connectivity index (χ0n) is 16.9. The number of sulfonamides is 1. The Balaban J connectivity index is 1.49. The van der Waals surface area contributed by atoms with Crippen LogP contribution in [0.2, 0.25) is 5.02 Å². The molecule has 2 aromatic heterocycles. The summed E-state index contributed by atoms with van der Waals surface area (Å²) < 4.78 is 37.9. The number of aromatic amines is 1. The molecule has 3 heterocycles. The minimum atomic E-state index is -3.76. The topological polar surface area (TPSA) is 156 Å². The standard InChI is InChI=1S/C19H16ClN7O5S/c20-11-1-3-15(13(9-11)18-22-25-26-23-18)21-19(28)17-14-10-12(2-4-16(14)32-24-17)33(29,30)27-5-7-31-8-6-27/h1-4,9-10H,5-8H2,(H,21,28)(H,22,23,25,26). The van der Waals surface area contributed by atoms with Crippen molar-refractivity contribution < 1.29 is 22.5 Å². The number of tetrazole rings is 1. The van der Waals surface area contributed by atoms with Crippen LogP contribution >= 0.6 is 11.6 Å². The van der Waals surface area contributed by atoms with Crippen molar-refractivity contribution in [1.82, 2.24) is 30.1 Å². The number of nitrogens with zero attached hydrogens (tertiary/aromatic N) is 5. The summed E-state index contributed by atoms with van der Waals surface area (Å²) in [6.45, 7) is 1.17. The van der Waals surface area contributed by atoms with Crippen LogP contribution in [0.4, 0.5) is 5.69 Å². The summed E-state index contributed by atoms with van der Waals surface area (Å²) in [6, 6.07) is 9.06. The summed E-state index contributed by atoms with van der Waals surface area (Å²) in [7, 11) is -3.76. The van der Waals surface area contributed by atoms with E-state index >= 15 is 0 Å². The monoisotopic (exact) mass is 489 g/mol. The zero-order chi connectivity index (χ0) is 23.0. The van der Waals surface area contributed by atoms with Crippen molar-refractivity contribution in [1.29, 1.82) is 0 Å². The number of carbonyl (C=O) groups excluding carboxylic acids is 1. The number of benzene rings is 2. The maximum Gasteiger partial charge on any atom is 0.278 e. The van der Waals surface area contributed by atoms with Crippen molar-refractivity contribution >= 4 is 44.2 Å². The highest BCUT2D eigenvalue weighted by Gasteiger charge is 2.28. The molecule has 0 bridgehead atoms. The summed E-state index contributed by atoms with van der Waals surface area (Å²) in [5, 5.41) is 20.8. The molecule has 1 saturated heterocycles. The lowest BCUT2D eigenvalue weighted by Gasteiger charge is -2.26. The molecule has 0 atom stereocenters. The Morgan fingerprint density at radius 1 is 1.15 bits per heavy atom. The number of hydrogen-bond donors (Lipinski definition) is 2. The number of H-pyrrole nitrogens is 1. The highest BCUT2D eigenvalue weighted by Crippen LogP contribution is 2.30. The summed E-state index contributed by atoms with van der Waals surface area (Å²) in [5.74, 6) is -0.303. The lowest BCUT2D eigenvalue weighted by atomic mass is 10.1. The van der Waals surface area contributed by atoms with Gasteiger partial charge < -0.3 is 14.6 Å². The number of amides is 1. The molecule has 12 nitrogen and oxygen atoms in total. The van der Waals surface area contributed by atoms with Crippen LogP contribution in [0.5, 0.6) is 0 Å². The van der Waals surface area contributed by atoms with Gasteiger partial charge in [-0.25, -0.2) is 13.5 Å². The highest BCUT2D eigenvalue weighted by molar-refractivity contribution is 7.89. The van der Waals surface area contributed by atoms with Crippen molar-refractivity contribution in [3.05, 3.63) is 47.1 Å². The first-order chi connectivity index (χ1) is 15.9. The number of rotatable bonds is 5. The van der Waals surface area contributed by atoms with Crippen LogP contribution in [0.25, 0.3) is 22.4 Å². The molecule has 0 aliphatic carbocycles.